The molecule has 286 valence electrons. The lowest BCUT2D eigenvalue weighted by molar-refractivity contribution is -0.0675. The van der Waals surface area contributed by atoms with E-state index in [2.05, 4.69) is 76.9 Å². The summed E-state index contributed by atoms with van der Waals surface area (Å²) in [5.41, 5.74) is 4.52. The van der Waals surface area contributed by atoms with Crippen molar-refractivity contribution in [1.82, 2.24) is 14.8 Å². The summed E-state index contributed by atoms with van der Waals surface area (Å²) in [4.78, 5) is 23.3. The van der Waals surface area contributed by atoms with Gasteiger partial charge in [-0.3, -0.25) is 4.90 Å². The van der Waals surface area contributed by atoms with Gasteiger partial charge in [0.15, 0.2) is 8.32 Å². The van der Waals surface area contributed by atoms with Crippen molar-refractivity contribution in [2.45, 2.75) is 180 Å². The molecule has 2 saturated heterocycles. The fraction of sp³-hybridized carbons (Fsp3) is 0.762. The van der Waals surface area contributed by atoms with Crippen LogP contribution in [0.3, 0.4) is 0 Å². The third-order valence-electron chi connectivity index (χ3n) is 12.4. The van der Waals surface area contributed by atoms with Crippen molar-refractivity contribution in [1.29, 1.82) is 0 Å². The third kappa shape index (κ3) is 9.13. The second kappa shape index (κ2) is 15.5. The second-order valence-electron chi connectivity index (χ2n) is 18.4. The molecule has 0 spiro atoms. The number of rotatable bonds is 12. The number of benzene rings is 1. The maximum Gasteiger partial charge on any atom is 0.412 e. The Balaban J connectivity index is 1.21. The molecular weight excluding hydrogens is 671 g/mol. The van der Waals surface area contributed by atoms with Gasteiger partial charge in [-0.2, -0.15) is 0 Å². The van der Waals surface area contributed by atoms with Crippen molar-refractivity contribution in [3.8, 4) is 11.3 Å². The summed E-state index contributed by atoms with van der Waals surface area (Å²) in [6.07, 6.45) is 6.30. The van der Waals surface area contributed by atoms with Crippen molar-refractivity contribution in [3.63, 3.8) is 0 Å². The maximum absolute atomic E-state index is 13.6. The SMILES string of the molecule is CC[Si](CC)(CC)O[C@H](CCCN1CCC(c2nc(-c3ccc4c(c3)C(C)(C)CCC4(C)C)cs2)CC1)[C@@H]1COC(C)(C)N1C(=O)OC(C)(C)C. The Morgan fingerprint density at radius 3 is 2.24 bits per heavy atom. The number of thiazole rings is 1. The van der Waals surface area contributed by atoms with Crippen LogP contribution in [-0.4, -0.2) is 78.9 Å². The standard InChI is InChI=1S/C42H69N3O4SSi/c1-13-51(14-2,15-3)49-36(35-28-47-42(11,12)45(35)38(46)48-39(4,5)6)17-16-24-44-25-20-30(21-26-44)37-43-34(29-50-37)31-18-19-32-33(27-31)41(9,10)23-22-40(32,7)8/h18-19,27,29-30,35-36H,13-17,20-26,28H2,1-12H3/t35-,36+/m0/s1. The molecule has 2 fully saturated rings. The molecular formula is C42H69N3O4SSi. The quantitative estimate of drug-likeness (QED) is 0.202. The van der Waals surface area contributed by atoms with Gasteiger partial charge in [0.05, 0.1) is 29.5 Å². The molecule has 0 bridgehead atoms. The number of likely N-dealkylation sites (tertiary alicyclic amines) is 1. The molecule has 2 aromatic rings. The van der Waals surface area contributed by atoms with E-state index in [9.17, 15) is 4.79 Å². The maximum atomic E-state index is 13.6. The van der Waals surface area contributed by atoms with Crippen molar-refractivity contribution in [2.24, 2.45) is 0 Å². The largest absolute Gasteiger partial charge is 0.444 e. The van der Waals surface area contributed by atoms with Crippen LogP contribution in [0.15, 0.2) is 23.6 Å². The monoisotopic (exact) mass is 739 g/mol. The number of aromatic nitrogens is 1. The van der Waals surface area contributed by atoms with Crippen LogP contribution in [0.2, 0.25) is 18.1 Å². The molecule has 0 radical (unpaired) electrons. The fourth-order valence-corrected chi connectivity index (χ4v) is 12.6. The van der Waals surface area contributed by atoms with E-state index in [1.807, 2.05) is 50.9 Å². The summed E-state index contributed by atoms with van der Waals surface area (Å²) < 4.78 is 19.4. The minimum absolute atomic E-state index is 0.0719. The minimum Gasteiger partial charge on any atom is -0.444 e. The Morgan fingerprint density at radius 1 is 1.00 bits per heavy atom. The molecule has 1 amide bonds. The molecule has 2 atom stereocenters. The Morgan fingerprint density at radius 2 is 1.63 bits per heavy atom. The van der Waals surface area contributed by atoms with Crippen LogP contribution < -0.4 is 0 Å². The van der Waals surface area contributed by atoms with E-state index in [-0.39, 0.29) is 29.1 Å². The Hall–Kier alpha value is -1.78. The molecule has 1 aromatic carbocycles. The number of nitrogens with zero attached hydrogens (tertiary/aromatic N) is 3. The summed E-state index contributed by atoms with van der Waals surface area (Å²) in [7, 11) is -1.94. The van der Waals surface area contributed by atoms with Gasteiger partial charge in [0.1, 0.15) is 11.3 Å². The van der Waals surface area contributed by atoms with Crippen LogP contribution in [0.5, 0.6) is 0 Å². The Kier molecular flexibility index (Phi) is 12.3. The number of carbonyl (C=O) groups is 1. The summed E-state index contributed by atoms with van der Waals surface area (Å²) in [6, 6.07) is 10.2. The number of hydrogen-bond acceptors (Lipinski definition) is 7. The second-order valence-corrected chi connectivity index (χ2v) is 24.0. The molecule has 7 nitrogen and oxygen atoms in total. The van der Waals surface area contributed by atoms with Gasteiger partial charge in [-0.05, 0) is 139 Å². The van der Waals surface area contributed by atoms with Crippen LogP contribution in [0, 0.1) is 0 Å². The summed E-state index contributed by atoms with van der Waals surface area (Å²) in [5, 5.41) is 3.58. The van der Waals surface area contributed by atoms with Crippen LogP contribution in [0.4, 0.5) is 4.79 Å². The topological polar surface area (TPSA) is 64.1 Å². The lowest BCUT2D eigenvalue weighted by Gasteiger charge is -2.42. The highest BCUT2D eigenvalue weighted by Gasteiger charge is 2.50. The molecule has 9 heteroatoms. The van der Waals surface area contributed by atoms with Gasteiger partial charge in [0, 0.05) is 16.9 Å². The number of hydrogen-bond donors (Lipinski definition) is 0. The van der Waals surface area contributed by atoms with Gasteiger partial charge in [0.2, 0.25) is 0 Å². The highest BCUT2D eigenvalue weighted by atomic mass is 32.1. The Labute approximate surface area is 315 Å². The van der Waals surface area contributed by atoms with Crippen LogP contribution >= 0.6 is 11.3 Å². The first-order valence-electron chi connectivity index (χ1n) is 20.0. The van der Waals surface area contributed by atoms with E-state index in [4.69, 9.17) is 18.9 Å². The van der Waals surface area contributed by atoms with Gasteiger partial charge in [-0.25, -0.2) is 9.78 Å². The number of ether oxygens (including phenoxy) is 2. The molecule has 1 aliphatic carbocycles. The first kappa shape index (κ1) is 40.4. The molecule has 51 heavy (non-hydrogen) atoms. The number of fused-ring (bicyclic) bond motifs is 1. The minimum atomic E-state index is -1.94. The van der Waals surface area contributed by atoms with Gasteiger partial charge in [0.25, 0.3) is 0 Å². The number of amides is 1. The predicted octanol–water partition coefficient (Wildman–Crippen LogP) is 10.9. The molecule has 3 aliphatic rings. The van der Waals surface area contributed by atoms with Gasteiger partial charge < -0.3 is 18.8 Å². The molecule has 1 aromatic heterocycles. The first-order chi connectivity index (χ1) is 23.8. The molecule has 5 rings (SSSR count). The first-order valence-corrected chi connectivity index (χ1v) is 23.4. The van der Waals surface area contributed by atoms with Crippen LogP contribution in [0.1, 0.15) is 144 Å². The average molecular weight is 740 g/mol. The lowest BCUT2D eigenvalue weighted by Crippen LogP contribution is -2.56. The molecule has 2 aliphatic heterocycles. The third-order valence-corrected chi connectivity index (χ3v) is 18.1. The predicted molar refractivity (Wildman–Crippen MR) is 214 cm³/mol. The van der Waals surface area contributed by atoms with Crippen molar-refractivity contribution in [3.05, 3.63) is 39.7 Å². The highest BCUT2D eigenvalue weighted by molar-refractivity contribution is 7.10. The molecule has 0 unspecified atom stereocenters. The van der Waals surface area contributed by atoms with Crippen molar-refractivity contribution < 1.29 is 18.7 Å². The molecule has 0 N–H and O–H groups in total. The van der Waals surface area contributed by atoms with Crippen LogP contribution in [-0.2, 0) is 24.7 Å². The van der Waals surface area contributed by atoms with Gasteiger partial charge >= 0.3 is 6.09 Å². The zero-order valence-electron chi connectivity index (χ0n) is 34.1. The zero-order valence-corrected chi connectivity index (χ0v) is 35.9. The van der Waals surface area contributed by atoms with Gasteiger partial charge in [-0.15, -0.1) is 11.3 Å². The fourth-order valence-electron chi connectivity index (χ4n) is 8.70. The van der Waals surface area contributed by atoms with E-state index in [1.165, 1.54) is 34.5 Å². The lowest BCUT2D eigenvalue weighted by atomic mass is 9.63. The smallest absolute Gasteiger partial charge is 0.412 e. The molecule has 3 heterocycles. The van der Waals surface area contributed by atoms with E-state index in [1.54, 1.807) is 0 Å². The summed E-state index contributed by atoms with van der Waals surface area (Å²) >= 11 is 1.85. The normalized spacial score (nSPS) is 22.9. The molecule has 0 saturated carbocycles. The van der Waals surface area contributed by atoms with E-state index >= 15 is 0 Å². The summed E-state index contributed by atoms with van der Waals surface area (Å²) in [6.45, 7) is 29.8. The van der Waals surface area contributed by atoms with E-state index < -0.39 is 19.6 Å². The van der Waals surface area contributed by atoms with Crippen molar-refractivity contribution >= 4 is 25.7 Å². The number of piperidine rings is 1. The number of carbonyl (C=O) groups excluding carboxylic acids is 1. The highest BCUT2D eigenvalue weighted by Crippen LogP contribution is 2.47. The van der Waals surface area contributed by atoms with Crippen LogP contribution in [0.25, 0.3) is 11.3 Å². The zero-order chi connectivity index (χ0) is 37.4. The average Bonchev–Trinajstić information content (AvgIpc) is 3.69. The summed E-state index contributed by atoms with van der Waals surface area (Å²) in [5.74, 6) is 0.523. The van der Waals surface area contributed by atoms with E-state index in [0.29, 0.717) is 12.5 Å². The Bertz CT molecular complexity index is 1480. The van der Waals surface area contributed by atoms with E-state index in [0.717, 1.165) is 69.1 Å². The van der Waals surface area contributed by atoms with Gasteiger partial charge in [-0.1, -0.05) is 60.6 Å². The van der Waals surface area contributed by atoms with Crippen molar-refractivity contribution in [2.75, 3.05) is 26.2 Å².